The average Bonchev–Trinajstić information content (AvgIpc) is 3.38. The van der Waals surface area contributed by atoms with Crippen LogP contribution in [0.5, 0.6) is 0 Å². The van der Waals surface area contributed by atoms with Gasteiger partial charge in [0.25, 0.3) is 0 Å². The van der Waals surface area contributed by atoms with Gasteiger partial charge >= 0.3 is 6.18 Å². The number of hydrogen-bond acceptors (Lipinski definition) is 7. The third kappa shape index (κ3) is 5.07. The van der Waals surface area contributed by atoms with Gasteiger partial charge in [-0.1, -0.05) is 19.9 Å². The number of fused-ring (bicyclic) bond motifs is 2. The molecule has 8 nitrogen and oxygen atoms in total. The Morgan fingerprint density at radius 2 is 2.03 bits per heavy atom. The van der Waals surface area contributed by atoms with Crippen LogP contribution in [0.4, 0.5) is 24.9 Å². The molecule has 3 aliphatic rings. The van der Waals surface area contributed by atoms with Crippen molar-refractivity contribution in [3.05, 3.63) is 35.9 Å². The van der Waals surface area contributed by atoms with Crippen molar-refractivity contribution in [1.82, 2.24) is 20.6 Å². The molecule has 2 aromatic rings. The number of anilines is 2. The lowest BCUT2D eigenvalue weighted by molar-refractivity contribution is -0.133. The normalized spacial score (nSPS) is 22.3. The van der Waals surface area contributed by atoms with Crippen LogP contribution in [0.2, 0.25) is 0 Å². The highest BCUT2D eigenvalue weighted by Gasteiger charge is 2.46. The lowest BCUT2D eigenvalue weighted by atomic mass is 9.76. The molecular weight excluding hydrogens is 473 g/mol. The van der Waals surface area contributed by atoms with Gasteiger partial charge in [-0.25, -0.2) is 4.98 Å². The molecule has 1 unspecified atom stereocenters. The number of aromatic nitrogens is 2. The van der Waals surface area contributed by atoms with Gasteiger partial charge in [-0.3, -0.25) is 4.79 Å². The molecule has 2 fully saturated rings. The summed E-state index contributed by atoms with van der Waals surface area (Å²) in [4.78, 5) is 23.8. The van der Waals surface area contributed by atoms with Gasteiger partial charge in [-0.2, -0.15) is 18.2 Å². The molecule has 0 spiro atoms. The molecule has 1 atom stereocenters. The van der Waals surface area contributed by atoms with Crippen LogP contribution in [0.1, 0.15) is 39.5 Å². The smallest absolute Gasteiger partial charge is 0.390 e. The third-order valence-electron chi connectivity index (χ3n) is 7.45. The number of piperidine rings is 1. The second-order valence-corrected chi connectivity index (χ2v) is 10.4. The summed E-state index contributed by atoms with van der Waals surface area (Å²) in [6.45, 7) is 5.91. The maximum Gasteiger partial charge on any atom is 0.390 e. The van der Waals surface area contributed by atoms with Crippen LogP contribution >= 0.6 is 0 Å². The lowest BCUT2D eigenvalue weighted by Crippen LogP contribution is -2.38. The summed E-state index contributed by atoms with van der Waals surface area (Å²) in [5, 5.41) is 9.23. The standard InChI is InChI=1S/C25H31F3N6O2/c1-24(2)17-4-3-16(13-19(17)31-22(24)35)30-23-32-18-7-12-36-20(18)21(33-23)34-10-5-15(6-11-34)14-29-9-8-25(26,27)28/h3,7,12-13,15,17,29H,4-6,8-11,14H2,1-2H3,(H,31,35)(H,30,32,33). The molecule has 36 heavy (non-hydrogen) atoms. The fourth-order valence-electron chi connectivity index (χ4n) is 5.18. The van der Waals surface area contributed by atoms with E-state index in [1.165, 1.54) is 0 Å². The fraction of sp³-hybridized carbons (Fsp3) is 0.560. The average molecular weight is 505 g/mol. The summed E-state index contributed by atoms with van der Waals surface area (Å²) in [6.07, 6.45) is 3.10. The zero-order valence-electron chi connectivity index (χ0n) is 20.4. The van der Waals surface area contributed by atoms with Crippen LogP contribution < -0.4 is 20.9 Å². The Balaban J connectivity index is 1.24. The SMILES string of the molecule is CC1(C)C(=O)NC2=CC(Nc3nc(N4CCC(CNCCC(F)(F)F)CC4)c4occc4n3)=CCC21. The number of carbonyl (C=O) groups is 1. The quantitative estimate of drug-likeness (QED) is 0.483. The van der Waals surface area contributed by atoms with E-state index in [9.17, 15) is 18.0 Å². The first-order valence-electron chi connectivity index (χ1n) is 12.4. The monoisotopic (exact) mass is 504 g/mol. The van der Waals surface area contributed by atoms with Crippen molar-refractivity contribution >= 4 is 28.8 Å². The van der Waals surface area contributed by atoms with E-state index in [0.717, 1.165) is 43.7 Å². The Morgan fingerprint density at radius 3 is 2.78 bits per heavy atom. The topological polar surface area (TPSA) is 95.3 Å². The van der Waals surface area contributed by atoms with E-state index in [1.54, 1.807) is 12.3 Å². The van der Waals surface area contributed by atoms with Gasteiger partial charge in [-0.15, -0.1) is 0 Å². The number of nitrogens with zero attached hydrogens (tertiary/aromatic N) is 3. The lowest BCUT2D eigenvalue weighted by Gasteiger charge is -2.33. The molecule has 0 bridgehead atoms. The molecule has 0 aromatic carbocycles. The van der Waals surface area contributed by atoms with E-state index >= 15 is 0 Å². The van der Waals surface area contributed by atoms with Crippen LogP contribution in [0.15, 0.2) is 40.3 Å². The van der Waals surface area contributed by atoms with Crippen molar-refractivity contribution in [2.45, 2.75) is 45.7 Å². The first-order valence-corrected chi connectivity index (χ1v) is 12.4. The summed E-state index contributed by atoms with van der Waals surface area (Å²) in [5.41, 5.74) is 2.61. The number of nitrogens with one attached hydrogen (secondary N) is 3. The van der Waals surface area contributed by atoms with Crippen molar-refractivity contribution in [2.75, 3.05) is 36.4 Å². The largest absolute Gasteiger partial charge is 0.459 e. The van der Waals surface area contributed by atoms with Gasteiger partial charge in [0.1, 0.15) is 5.52 Å². The minimum absolute atomic E-state index is 0.0331. The number of halogens is 3. The predicted octanol–water partition coefficient (Wildman–Crippen LogP) is 4.34. The second-order valence-electron chi connectivity index (χ2n) is 10.4. The Bertz CT molecular complexity index is 1190. The number of allylic oxidation sites excluding steroid dienone is 3. The molecule has 4 heterocycles. The van der Waals surface area contributed by atoms with E-state index in [2.05, 4.69) is 31.9 Å². The van der Waals surface area contributed by atoms with Gasteiger partial charge < -0.3 is 25.3 Å². The zero-order chi connectivity index (χ0) is 25.5. The predicted molar refractivity (Wildman–Crippen MR) is 130 cm³/mol. The van der Waals surface area contributed by atoms with E-state index in [0.29, 0.717) is 35.3 Å². The summed E-state index contributed by atoms with van der Waals surface area (Å²) in [6, 6.07) is 1.80. The van der Waals surface area contributed by atoms with Crippen molar-refractivity contribution in [3.63, 3.8) is 0 Å². The summed E-state index contributed by atoms with van der Waals surface area (Å²) in [5.74, 6) is 1.63. The summed E-state index contributed by atoms with van der Waals surface area (Å²) >= 11 is 0. The van der Waals surface area contributed by atoms with E-state index in [-0.39, 0.29) is 18.4 Å². The number of furan rings is 1. The second kappa shape index (κ2) is 9.42. The summed E-state index contributed by atoms with van der Waals surface area (Å²) in [7, 11) is 0. The first kappa shape index (κ1) is 24.6. The van der Waals surface area contributed by atoms with Crippen LogP contribution in [0, 0.1) is 17.3 Å². The Morgan fingerprint density at radius 1 is 1.25 bits per heavy atom. The highest BCUT2D eigenvalue weighted by molar-refractivity contribution is 5.88. The van der Waals surface area contributed by atoms with Gasteiger partial charge in [0.15, 0.2) is 11.4 Å². The fourth-order valence-corrected chi connectivity index (χ4v) is 5.18. The maximum absolute atomic E-state index is 12.3. The van der Waals surface area contributed by atoms with Crippen molar-refractivity contribution < 1.29 is 22.4 Å². The van der Waals surface area contributed by atoms with Crippen molar-refractivity contribution in [2.24, 2.45) is 17.3 Å². The highest BCUT2D eigenvalue weighted by Crippen LogP contribution is 2.42. The van der Waals surface area contributed by atoms with Gasteiger partial charge in [0.2, 0.25) is 11.9 Å². The maximum atomic E-state index is 12.3. The Hall–Kier alpha value is -3.08. The number of amides is 1. The van der Waals surface area contributed by atoms with Crippen LogP contribution in [0.25, 0.3) is 11.1 Å². The molecule has 11 heteroatoms. The minimum atomic E-state index is -4.13. The first-order chi connectivity index (χ1) is 17.1. The molecule has 1 amide bonds. The van der Waals surface area contributed by atoms with Crippen LogP contribution in [0.3, 0.4) is 0 Å². The van der Waals surface area contributed by atoms with E-state index in [4.69, 9.17) is 9.40 Å². The van der Waals surface area contributed by atoms with Crippen LogP contribution in [-0.4, -0.2) is 48.2 Å². The van der Waals surface area contributed by atoms with Gasteiger partial charge in [0.05, 0.1) is 18.1 Å². The van der Waals surface area contributed by atoms with Crippen molar-refractivity contribution in [1.29, 1.82) is 0 Å². The number of rotatable bonds is 7. The van der Waals surface area contributed by atoms with E-state index < -0.39 is 18.0 Å². The van der Waals surface area contributed by atoms with Crippen molar-refractivity contribution in [3.8, 4) is 0 Å². The Labute approximate surface area is 207 Å². The molecule has 0 radical (unpaired) electrons. The molecule has 0 saturated carbocycles. The molecule has 2 saturated heterocycles. The van der Waals surface area contributed by atoms with E-state index in [1.807, 2.05) is 19.9 Å². The molecule has 2 aliphatic heterocycles. The van der Waals surface area contributed by atoms with Crippen LogP contribution in [-0.2, 0) is 4.79 Å². The molecule has 2 aromatic heterocycles. The highest BCUT2D eigenvalue weighted by atomic mass is 19.4. The number of carbonyl (C=O) groups excluding carboxylic acids is 1. The van der Waals surface area contributed by atoms with Gasteiger partial charge in [0, 0.05) is 43.0 Å². The van der Waals surface area contributed by atoms with Gasteiger partial charge in [-0.05, 0) is 37.8 Å². The molecule has 5 rings (SSSR count). The zero-order valence-corrected chi connectivity index (χ0v) is 20.4. The Kier molecular flexibility index (Phi) is 6.44. The number of hydrogen-bond donors (Lipinski definition) is 3. The minimum Gasteiger partial charge on any atom is -0.459 e. The summed E-state index contributed by atoms with van der Waals surface area (Å²) < 4.78 is 42.7. The molecule has 1 aliphatic carbocycles. The molecule has 194 valence electrons. The third-order valence-corrected chi connectivity index (χ3v) is 7.45. The molecular formula is C25H31F3N6O2. The molecule has 3 N–H and O–H groups in total. The number of alkyl halides is 3.